The van der Waals surface area contributed by atoms with Crippen molar-refractivity contribution < 1.29 is 22.7 Å². The van der Waals surface area contributed by atoms with Crippen LogP contribution in [0.1, 0.15) is 18.1 Å². The van der Waals surface area contributed by atoms with Crippen molar-refractivity contribution >= 4 is 21.6 Å². The average molecular weight is 421 g/mol. The molecule has 0 bridgehead atoms. The topological polar surface area (TPSA) is 84.9 Å². The van der Waals surface area contributed by atoms with Crippen molar-refractivity contribution in [3.8, 4) is 5.75 Å². The number of benzene rings is 2. The zero-order valence-electron chi connectivity index (χ0n) is 17.4. The molecule has 0 saturated heterocycles. The fraction of sp³-hybridized carbons (Fsp3) is 0.381. The molecule has 0 unspecified atom stereocenters. The van der Waals surface area contributed by atoms with Crippen LogP contribution in [0.2, 0.25) is 0 Å². The molecular formula is C21H28N2O5S. The molecule has 0 radical (unpaired) electrons. The number of nitrogens with zero attached hydrogens (tertiary/aromatic N) is 1. The molecular weight excluding hydrogens is 392 g/mol. The van der Waals surface area contributed by atoms with Crippen molar-refractivity contribution in [1.29, 1.82) is 0 Å². The zero-order valence-corrected chi connectivity index (χ0v) is 18.2. The van der Waals surface area contributed by atoms with Crippen molar-refractivity contribution in [1.82, 2.24) is 5.32 Å². The number of hydrogen-bond acceptors (Lipinski definition) is 5. The standard InChI is InChI=1S/C21H28N2O5S/c1-15-6-9-18(10-7-15)29(25,26)23(13-21(24)22-17(3)14-27-4)19-12-16(2)8-11-20(19)28-5/h6-12,17H,13-14H2,1-5H3,(H,22,24)/t17-/m1/s1. The molecule has 0 fully saturated rings. The first-order chi connectivity index (χ1) is 13.7. The molecule has 0 aliphatic rings. The number of sulfonamides is 1. The quantitative estimate of drug-likeness (QED) is 0.674. The van der Waals surface area contributed by atoms with Gasteiger partial charge in [0.05, 0.1) is 24.3 Å². The van der Waals surface area contributed by atoms with Gasteiger partial charge in [-0.15, -0.1) is 0 Å². The minimum Gasteiger partial charge on any atom is -0.495 e. The first-order valence-electron chi connectivity index (χ1n) is 9.21. The predicted molar refractivity (Wildman–Crippen MR) is 113 cm³/mol. The summed E-state index contributed by atoms with van der Waals surface area (Å²) in [6.07, 6.45) is 0. The number of aryl methyl sites for hydroxylation is 2. The SMILES string of the molecule is COC[C@@H](C)NC(=O)CN(c1cc(C)ccc1OC)S(=O)(=O)c1ccc(C)cc1. The lowest BCUT2D eigenvalue weighted by atomic mass is 10.2. The first kappa shape index (κ1) is 22.7. The summed E-state index contributed by atoms with van der Waals surface area (Å²) in [4.78, 5) is 12.7. The van der Waals surface area contributed by atoms with Gasteiger partial charge in [0.2, 0.25) is 5.91 Å². The Bertz CT molecular complexity index is 942. The molecule has 1 atom stereocenters. The maximum atomic E-state index is 13.4. The predicted octanol–water partition coefficient (Wildman–Crippen LogP) is 2.66. The summed E-state index contributed by atoms with van der Waals surface area (Å²) in [5.41, 5.74) is 2.09. The second-order valence-electron chi connectivity index (χ2n) is 6.92. The van der Waals surface area contributed by atoms with Crippen LogP contribution in [-0.4, -0.2) is 47.7 Å². The van der Waals surface area contributed by atoms with E-state index < -0.39 is 15.9 Å². The maximum Gasteiger partial charge on any atom is 0.264 e. The largest absolute Gasteiger partial charge is 0.495 e. The van der Waals surface area contributed by atoms with E-state index in [1.165, 1.54) is 26.4 Å². The lowest BCUT2D eigenvalue weighted by Gasteiger charge is -2.26. The molecule has 29 heavy (non-hydrogen) atoms. The van der Waals surface area contributed by atoms with Gasteiger partial charge in [-0.3, -0.25) is 9.10 Å². The monoisotopic (exact) mass is 420 g/mol. The molecule has 158 valence electrons. The Labute approximate surface area is 172 Å². The van der Waals surface area contributed by atoms with E-state index in [2.05, 4.69) is 5.32 Å². The van der Waals surface area contributed by atoms with Gasteiger partial charge in [-0.2, -0.15) is 0 Å². The van der Waals surface area contributed by atoms with Crippen LogP contribution in [0.15, 0.2) is 47.4 Å². The van der Waals surface area contributed by atoms with E-state index in [4.69, 9.17) is 9.47 Å². The summed E-state index contributed by atoms with van der Waals surface area (Å²) in [7, 11) is -1.00. The highest BCUT2D eigenvalue weighted by Crippen LogP contribution is 2.33. The zero-order chi connectivity index (χ0) is 21.6. The summed E-state index contributed by atoms with van der Waals surface area (Å²) in [6, 6.07) is 11.5. The van der Waals surface area contributed by atoms with Gasteiger partial charge in [0, 0.05) is 13.2 Å². The number of rotatable bonds is 9. The van der Waals surface area contributed by atoms with Crippen molar-refractivity contribution in [2.45, 2.75) is 31.7 Å². The van der Waals surface area contributed by atoms with Crippen molar-refractivity contribution in [3.63, 3.8) is 0 Å². The second kappa shape index (κ2) is 9.76. The third-order valence-electron chi connectivity index (χ3n) is 4.32. The molecule has 0 aliphatic heterocycles. The number of carbonyl (C=O) groups is 1. The van der Waals surface area contributed by atoms with Crippen LogP contribution >= 0.6 is 0 Å². The highest BCUT2D eigenvalue weighted by molar-refractivity contribution is 7.92. The number of amides is 1. The molecule has 0 spiro atoms. The third kappa shape index (κ3) is 5.71. The highest BCUT2D eigenvalue weighted by Gasteiger charge is 2.29. The summed E-state index contributed by atoms with van der Waals surface area (Å²) < 4.78 is 38.4. The molecule has 0 saturated carbocycles. The lowest BCUT2D eigenvalue weighted by molar-refractivity contribution is -0.120. The summed E-state index contributed by atoms with van der Waals surface area (Å²) in [5, 5.41) is 2.75. The third-order valence-corrected chi connectivity index (χ3v) is 6.10. The van der Waals surface area contributed by atoms with Crippen LogP contribution in [0, 0.1) is 13.8 Å². The smallest absolute Gasteiger partial charge is 0.264 e. The molecule has 8 heteroatoms. The van der Waals surface area contributed by atoms with Crippen LogP contribution in [0.4, 0.5) is 5.69 Å². The normalized spacial score (nSPS) is 12.3. The molecule has 0 aromatic heterocycles. The molecule has 2 aromatic carbocycles. The van der Waals surface area contributed by atoms with Crippen LogP contribution in [0.5, 0.6) is 5.75 Å². The van der Waals surface area contributed by atoms with Gasteiger partial charge in [-0.25, -0.2) is 8.42 Å². The van der Waals surface area contributed by atoms with E-state index in [1.54, 1.807) is 31.2 Å². The van der Waals surface area contributed by atoms with Crippen molar-refractivity contribution in [2.75, 3.05) is 31.7 Å². The second-order valence-corrected chi connectivity index (χ2v) is 8.79. The van der Waals surface area contributed by atoms with Crippen molar-refractivity contribution in [3.05, 3.63) is 53.6 Å². The molecule has 1 N–H and O–H groups in total. The molecule has 7 nitrogen and oxygen atoms in total. The molecule has 0 aliphatic carbocycles. The molecule has 2 rings (SSSR count). The van der Waals surface area contributed by atoms with Crippen molar-refractivity contribution in [2.24, 2.45) is 0 Å². The molecule has 1 amide bonds. The average Bonchev–Trinajstić information content (AvgIpc) is 2.66. The van der Waals surface area contributed by atoms with E-state index in [0.717, 1.165) is 15.4 Å². The number of hydrogen-bond donors (Lipinski definition) is 1. The van der Waals surface area contributed by atoms with Gasteiger partial charge < -0.3 is 14.8 Å². The van der Waals surface area contributed by atoms with Crippen LogP contribution in [0.25, 0.3) is 0 Å². The fourth-order valence-corrected chi connectivity index (χ4v) is 4.30. The fourth-order valence-electron chi connectivity index (χ4n) is 2.87. The van der Waals surface area contributed by atoms with Crippen LogP contribution in [0.3, 0.4) is 0 Å². The van der Waals surface area contributed by atoms with Gasteiger partial charge in [-0.1, -0.05) is 23.8 Å². The van der Waals surface area contributed by atoms with Gasteiger partial charge in [0.1, 0.15) is 12.3 Å². The number of nitrogens with one attached hydrogen (secondary N) is 1. The molecule has 0 heterocycles. The Morgan fingerprint density at radius 2 is 1.69 bits per heavy atom. The summed E-state index contributed by atoms with van der Waals surface area (Å²) in [5.74, 6) is -0.0715. The molecule has 2 aromatic rings. The van der Waals surface area contributed by atoms with E-state index in [-0.39, 0.29) is 17.5 Å². The summed E-state index contributed by atoms with van der Waals surface area (Å²) >= 11 is 0. The first-order valence-corrected chi connectivity index (χ1v) is 10.7. The number of ether oxygens (including phenoxy) is 2. The minimum atomic E-state index is -4.00. The minimum absolute atomic E-state index is 0.101. The van der Waals surface area contributed by atoms with E-state index >= 15 is 0 Å². The Hall–Kier alpha value is -2.58. The van der Waals surface area contributed by atoms with Gasteiger partial charge >= 0.3 is 0 Å². The maximum absolute atomic E-state index is 13.4. The van der Waals surface area contributed by atoms with E-state index in [0.29, 0.717) is 18.0 Å². The highest BCUT2D eigenvalue weighted by atomic mass is 32.2. The Kier molecular flexibility index (Phi) is 7.64. The number of anilines is 1. The van der Waals surface area contributed by atoms with Gasteiger partial charge in [-0.05, 0) is 50.6 Å². The summed E-state index contributed by atoms with van der Waals surface area (Å²) in [6.45, 7) is 5.45. The number of carbonyl (C=O) groups excluding carboxylic acids is 1. The van der Waals surface area contributed by atoms with E-state index in [1.807, 2.05) is 19.9 Å². The van der Waals surface area contributed by atoms with E-state index in [9.17, 15) is 13.2 Å². The Morgan fingerprint density at radius 1 is 1.07 bits per heavy atom. The van der Waals surface area contributed by atoms with Crippen LogP contribution < -0.4 is 14.4 Å². The lowest BCUT2D eigenvalue weighted by Crippen LogP contribution is -2.44. The Morgan fingerprint density at radius 3 is 2.28 bits per heavy atom. The number of methoxy groups -OCH3 is 2. The van der Waals surface area contributed by atoms with Gasteiger partial charge in [0.25, 0.3) is 10.0 Å². The van der Waals surface area contributed by atoms with Gasteiger partial charge in [0.15, 0.2) is 0 Å². The Balaban J connectivity index is 2.50. The van der Waals surface area contributed by atoms with Crippen LogP contribution in [-0.2, 0) is 19.6 Å².